The standard InChI is InChI=1S/C12H20N4O/c1-9(13)11-5-3-4-6-16(11)12-14-7-10(17-2)8-15-12/h7-9,11H,3-6,13H2,1-2H3. The summed E-state index contributed by atoms with van der Waals surface area (Å²) >= 11 is 0. The molecule has 0 aromatic carbocycles. The Labute approximate surface area is 102 Å². The molecule has 1 saturated heterocycles. The smallest absolute Gasteiger partial charge is 0.225 e. The lowest BCUT2D eigenvalue weighted by Crippen LogP contribution is -2.49. The van der Waals surface area contributed by atoms with Crippen molar-refractivity contribution in [3.05, 3.63) is 12.4 Å². The molecular weight excluding hydrogens is 216 g/mol. The van der Waals surface area contributed by atoms with Crippen molar-refractivity contribution in [3.8, 4) is 5.75 Å². The minimum Gasteiger partial charge on any atom is -0.494 e. The Morgan fingerprint density at radius 2 is 2.12 bits per heavy atom. The molecule has 0 bridgehead atoms. The summed E-state index contributed by atoms with van der Waals surface area (Å²) in [4.78, 5) is 10.9. The summed E-state index contributed by atoms with van der Waals surface area (Å²) in [6.07, 6.45) is 6.94. The van der Waals surface area contributed by atoms with Crippen LogP contribution in [0.3, 0.4) is 0 Å². The van der Waals surface area contributed by atoms with Gasteiger partial charge in [0.2, 0.25) is 5.95 Å². The lowest BCUT2D eigenvalue weighted by molar-refractivity contribution is 0.400. The van der Waals surface area contributed by atoms with Crippen LogP contribution in [0, 0.1) is 0 Å². The van der Waals surface area contributed by atoms with Gasteiger partial charge in [0, 0.05) is 18.6 Å². The summed E-state index contributed by atoms with van der Waals surface area (Å²) in [6, 6.07) is 0.484. The third-order valence-electron chi connectivity index (χ3n) is 3.26. The molecule has 0 aliphatic carbocycles. The lowest BCUT2D eigenvalue weighted by atomic mass is 9.97. The molecule has 0 spiro atoms. The predicted octanol–water partition coefficient (Wildman–Crippen LogP) is 1.19. The summed E-state index contributed by atoms with van der Waals surface area (Å²) in [5.41, 5.74) is 6.03. The first-order valence-electron chi connectivity index (χ1n) is 6.10. The summed E-state index contributed by atoms with van der Waals surface area (Å²) in [5.74, 6) is 1.44. The zero-order valence-electron chi connectivity index (χ0n) is 10.5. The van der Waals surface area contributed by atoms with Gasteiger partial charge in [0.25, 0.3) is 0 Å². The fourth-order valence-electron chi connectivity index (χ4n) is 2.32. The van der Waals surface area contributed by atoms with Crippen molar-refractivity contribution in [1.82, 2.24) is 9.97 Å². The molecule has 5 heteroatoms. The van der Waals surface area contributed by atoms with Gasteiger partial charge in [0.05, 0.1) is 19.5 Å². The van der Waals surface area contributed by atoms with Gasteiger partial charge in [-0.15, -0.1) is 0 Å². The van der Waals surface area contributed by atoms with Gasteiger partial charge in [-0.25, -0.2) is 9.97 Å². The number of rotatable bonds is 3. The summed E-state index contributed by atoms with van der Waals surface area (Å²) in [5, 5.41) is 0. The first-order chi connectivity index (χ1) is 8.22. The second-order valence-corrected chi connectivity index (χ2v) is 4.54. The van der Waals surface area contributed by atoms with E-state index in [0.717, 1.165) is 18.9 Å². The lowest BCUT2D eigenvalue weighted by Gasteiger charge is -2.37. The van der Waals surface area contributed by atoms with E-state index < -0.39 is 0 Å². The Kier molecular flexibility index (Phi) is 3.78. The molecule has 94 valence electrons. The quantitative estimate of drug-likeness (QED) is 0.854. The van der Waals surface area contributed by atoms with Gasteiger partial charge in [0.1, 0.15) is 0 Å². The van der Waals surface area contributed by atoms with Gasteiger partial charge < -0.3 is 15.4 Å². The Morgan fingerprint density at radius 3 is 2.71 bits per heavy atom. The minimum atomic E-state index is 0.140. The Hall–Kier alpha value is -1.36. The van der Waals surface area contributed by atoms with E-state index in [9.17, 15) is 0 Å². The molecule has 1 aliphatic heterocycles. The molecule has 5 nitrogen and oxygen atoms in total. The maximum absolute atomic E-state index is 6.03. The maximum Gasteiger partial charge on any atom is 0.225 e. The number of methoxy groups -OCH3 is 1. The number of nitrogens with two attached hydrogens (primary N) is 1. The number of aromatic nitrogens is 2. The molecule has 2 rings (SSSR count). The van der Waals surface area contributed by atoms with Crippen molar-refractivity contribution in [2.75, 3.05) is 18.6 Å². The highest BCUT2D eigenvalue weighted by molar-refractivity contribution is 5.34. The molecule has 0 amide bonds. The molecule has 1 aromatic heterocycles. The monoisotopic (exact) mass is 236 g/mol. The first kappa shape index (κ1) is 12.1. The summed E-state index contributed by atoms with van der Waals surface area (Å²) in [7, 11) is 1.62. The average molecular weight is 236 g/mol. The normalized spacial score (nSPS) is 22.3. The van der Waals surface area contributed by atoms with Crippen molar-refractivity contribution in [2.45, 2.75) is 38.3 Å². The maximum atomic E-state index is 6.03. The van der Waals surface area contributed by atoms with E-state index in [0.29, 0.717) is 11.8 Å². The van der Waals surface area contributed by atoms with Crippen LogP contribution in [0.1, 0.15) is 26.2 Å². The topological polar surface area (TPSA) is 64.3 Å². The predicted molar refractivity (Wildman–Crippen MR) is 67.2 cm³/mol. The molecule has 2 N–H and O–H groups in total. The van der Waals surface area contributed by atoms with Gasteiger partial charge in [-0.3, -0.25) is 0 Å². The average Bonchev–Trinajstić information content (AvgIpc) is 2.39. The third kappa shape index (κ3) is 2.66. The van der Waals surface area contributed by atoms with Crippen LogP contribution < -0.4 is 15.4 Å². The molecule has 1 fully saturated rings. The van der Waals surface area contributed by atoms with E-state index in [1.54, 1.807) is 19.5 Å². The largest absolute Gasteiger partial charge is 0.494 e. The number of piperidine rings is 1. The van der Waals surface area contributed by atoms with Gasteiger partial charge in [-0.1, -0.05) is 0 Å². The van der Waals surface area contributed by atoms with Crippen LogP contribution in [-0.2, 0) is 0 Å². The van der Waals surface area contributed by atoms with E-state index in [1.807, 2.05) is 6.92 Å². The van der Waals surface area contributed by atoms with Gasteiger partial charge in [-0.05, 0) is 26.2 Å². The van der Waals surface area contributed by atoms with Crippen LogP contribution in [0.4, 0.5) is 5.95 Å². The van der Waals surface area contributed by atoms with E-state index in [1.165, 1.54) is 12.8 Å². The van der Waals surface area contributed by atoms with Gasteiger partial charge in [0.15, 0.2) is 5.75 Å². The number of anilines is 1. The highest BCUT2D eigenvalue weighted by Crippen LogP contribution is 2.23. The highest BCUT2D eigenvalue weighted by Gasteiger charge is 2.27. The van der Waals surface area contributed by atoms with E-state index in [4.69, 9.17) is 10.5 Å². The Morgan fingerprint density at radius 1 is 1.41 bits per heavy atom. The van der Waals surface area contributed by atoms with Crippen molar-refractivity contribution >= 4 is 5.95 Å². The van der Waals surface area contributed by atoms with Crippen LogP contribution in [0.15, 0.2) is 12.4 Å². The zero-order chi connectivity index (χ0) is 12.3. The second kappa shape index (κ2) is 5.31. The van der Waals surface area contributed by atoms with Crippen LogP contribution in [0.2, 0.25) is 0 Å². The molecule has 17 heavy (non-hydrogen) atoms. The summed E-state index contributed by atoms with van der Waals surface area (Å²) in [6.45, 7) is 3.03. The SMILES string of the molecule is COc1cnc(N2CCCCC2C(C)N)nc1. The molecule has 1 aliphatic rings. The van der Waals surface area contributed by atoms with E-state index >= 15 is 0 Å². The van der Waals surface area contributed by atoms with Crippen molar-refractivity contribution in [2.24, 2.45) is 5.73 Å². The minimum absolute atomic E-state index is 0.140. The molecule has 2 unspecified atom stereocenters. The first-order valence-corrected chi connectivity index (χ1v) is 6.10. The molecule has 0 saturated carbocycles. The van der Waals surface area contributed by atoms with E-state index in [2.05, 4.69) is 14.9 Å². The summed E-state index contributed by atoms with van der Waals surface area (Å²) < 4.78 is 5.06. The Balaban J connectivity index is 2.17. The van der Waals surface area contributed by atoms with E-state index in [-0.39, 0.29) is 6.04 Å². The second-order valence-electron chi connectivity index (χ2n) is 4.54. The number of ether oxygens (including phenoxy) is 1. The van der Waals surface area contributed by atoms with Crippen molar-refractivity contribution in [3.63, 3.8) is 0 Å². The van der Waals surface area contributed by atoms with Crippen molar-refractivity contribution < 1.29 is 4.74 Å². The third-order valence-corrected chi connectivity index (χ3v) is 3.26. The number of hydrogen-bond acceptors (Lipinski definition) is 5. The zero-order valence-corrected chi connectivity index (χ0v) is 10.5. The highest BCUT2D eigenvalue weighted by atomic mass is 16.5. The van der Waals surface area contributed by atoms with Crippen molar-refractivity contribution in [1.29, 1.82) is 0 Å². The molecule has 0 radical (unpaired) electrons. The molecular formula is C12H20N4O. The molecule has 1 aromatic rings. The fraction of sp³-hybridized carbons (Fsp3) is 0.667. The fourth-order valence-corrected chi connectivity index (χ4v) is 2.32. The number of nitrogens with zero attached hydrogens (tertiary/aromatic N) is 3. The van der Waals surface area contributed by atoms with Gasteiger partial charge >= 0.3 is 0 Å². The van der Waals surface area contributed by atoms with Crippen LogP contribution in [-0.4, -0.2) is 35.7 Å². The molecule has 2 atom stereocenters. The van der Waals surface area contributed by atoms with Crippen LogP contribution in [0.25, 0.3) is 0 Å². The molecule has 2 heterocycles. The van der Waals surface area contributed by atoms with Crippen LogP contribution in [0.5, 0.6) is 5.75 Å². The Bertz CT molecular complexity index is 352. The van der Waals surface area contributed by atoms with Gasteiger partial charge in [-0.2, -0.15) is 0 Å². The van der Waals surface area contributed by atoms with Crippen LogP contribution >= 0.6 is 0 Å². The number of hydrogen-bond donors (Lipinski definition) is 1.